The Labute approximate surface area is 108 Å². The molecule has 1 aromatic heterocycles. The Morgan fingerprint density at radius 1 is 1.33 bits per heavy atom. The lowest BCUT2D eigenvalue weighted by Gasteiger charge is -2.31. The number of carbonyl (C=O) groups excluding carboxylic acids is 1. The predicted octanol–water partition coefficient (Wildman–Crippen LogP) is 2.65. The van der Waals surface area contributed by atoms with Crippen LogP contribution in [0.4, 0.5) is 5.82 Å². The highest BCUT2D eigenvalue weighted by Crippen LogP contribution is 2.31. The van der Waals surface area contributed by atoms with E-state index in [9.17, 15) is 4.79 Å². The first-order chi connectivity index (χ1) is 8.56. The van der Waals surface area contributed by atoms with Crippen LogP contribution < -0.4 is 5.73 Å². The molecular weight excluding hydrogens is 228 g/mol. The zero-order chi connectivity index (χ0) is 13.1. The number of nitrogen functional groups attached to an aromatic ring is 1. The fourth-order valence-electron chi connectivity index (χ4n) is 2.35. The third kappa shape index (κ3) is 3.00. The molecule has 0 aliphatic heterocycles. The zero-order valence-electron chi connectivity index (χ0n) is 10.9. The second kappa shape index (κ2) is 5.38. The quantitative estimate of drug-likeness (QED) is 0.817. The van der Waals surface area contributed by atoms with Crippen molar-refractivity contribution < 1.29 is 9.53 Å². The molecular formula is C14H20N2O2. The first kappa shape index (κ1) is 12.9. The summed E-state index contributed by atoms with van der Waals surface area (Å²) in [6, 6.07) is 3.27. The number of rotatable bonds is 2. The van der Waals surface area contributed by atoms with Crippen LogP contribution in [-0.2, 0) is 4.74 Å². The van der Waals surface area contributed by atoms with Gasteiger partial charge in [-0.3, -0.25) is 0 Å². The molecule has 0 bridgehead atoms. The number of ether oxygens (including phenoxy) is 1. The third-order valence-electron chi connectivity index (χ3n) is 3.85. The van der Waals surface area contributed by atoms with E-state index >= 15 is 0 Å². The van der Waals surface area contributed by atoms with Gasteiger partial charge in [0.1, 0.15) is 11.9 Å². The Morgan fingerprint density at radius 2 is 2.11 bits per heavy atom. The summed E-state index contributed by atoms with van der Waals surface area (Å²) in [5.41, 5.74) is 5.95. The molecule has 98 valence electrons. The van der Waals surface area contributed by atoms with Crippen LogP contribution >= 0.6 is 0 Å². The summed E-state index contributed by atoms with van der Waals surface area (Å²) >= 11 is 0. The van der Waals surface area contributed by atoms with Crippen molar-refractivity contribution in [2.45, 2.75) is 39.2 Å². The molecule has 0 saturated heterocycles. The van der Waals surface area contributed by atoms with E-state index in [0.717, 1.165) is 25.2 Å². The van der Waals surface area contributed by atoms with Crippen LogP contribution in [0.25, 0.3) is 0 Å². The molecule has 3 unspecified atom stereocenters. The monoisotopic (exact) mass is 248 g/mol. The van der Waals surface area contributed by atoms with Gasteiger partial charge in [0.15, 0.2) is 0 Å². The van der Waals surface area contributed by atoms with Gasteiger partial charge in [-0.25, -0.2) is 9.78 Å². The molecule has 1 aliphatic carbocycles. The highest BCUT2D eigenvalue weighted by Gasteiger charge is 2.27. The van der Waals surface area contributed by atoms with E-state index in [2.05, 4.69) is 18.8 Å². The summed E-state index contributed by atoms with van der Waals surface area (Å²) in [7, 11) is 0. The van der Waals surface area contributed by atoms with E-state index in [1.54, 1.807) is 12.1 Å². The van der Waals surface area contributed by atoms with Gasteiger partial charge in [0.05, 0.1) is 5.56 Å². The molecule has 3 atom stereocenters. The maximum atomic E-state index is 11.9. The topological polar surface area (TPSA) is 65.2 Å². The largest absolute Gasteiger partial charge is 0.459 e. The van der Waals surface area contributed by atoms with Crippen molar-refractivity contribution in [2.75, 3.05) is 5.73 Å². The van der Waals surface area contributed by atoms with Gasteiger partial charge in [-0.05, 0) is 43.2 Å². The minimum atomic E-state index is -0.297. The van der Waals surface area contributed by atoms with Gasteiger partial charge in [0.25, 0.3) is 0 Å². The van der Waals surface area contributed by atoms with Crippen LogP contribution in [0.1, 0.15) is 43.5 Å². The summed E-state index contributed by atoms with van der Waals surface area (Å²) < 4.78 is 5.52. The van der Waals surface area contributed by atoms with Crippen LogP contribution in [0.3, 0.4) is 0 Å². The summed E-state index contributed by atoms with van der Waals surface area (Å²) in [6.45, 7) is 4.47. The average molecular weight is 248 g/mol. The van der Waals surface area contributed by atoms with Crippen LogP contribution in [0.15, 0.2) is 18.3 Å². The zero-order valence-corrected chi connectivity index (χ0v) is 10.9. The van der Waals surface area contributed by atoms with Gasteiger partial charge in [-0.15, -0.1) is 0 Å². The number of hydrogen-bond acceptors (Lipinski definition) is 4. The molecule has 4 nitrogen and oxygen atoms in total. The van der Waals surface area contributed by atoms with Crippen LogP contribution in [0, 0.1) is 11.8 Å². The van der Waals surface area contributed by atoms with Gasteiger partial charge in [0, 0.05) is 6.20 Å². The Balaban J connectivity index is 1.93. The van der Waals surface area contributed by atoms with E-state index in [1.807, 2.05) is 0 Å². The van der Waals surface area contributed by atoms with Gasteiger partial charge >= 0.3 is 5.97 Å². The predicted molar refractivity (Wildman–Crippen MR) is 70.0 cm³/mol. The van der Waals surface area contributed by atoms with Crippen molar-refractivity contribution in [2.24, 2.45) is 11.8 Å². The lowest BCUT2D eigenvalue weighted by molar-refractivity contribution is 0.00875. The SMILES string of the molecule is CC1CCC(OC(=O)c2ccc(N)nc2)CC1C. The standard InChI is InChI=1S/C14H20N2O2/c1-9-3-5-12(7-10(9)2)18-14(17)11-4-6-13(15)16-8-11/h4,6,8-10,12H,3,5,7H2,1-2H3,(H2,15,16). The highest BCUT2D eigenvalue weighted by molar-refractivity contribution is 5.89. The van der Waals surface area contributed by atoms with Crippen molar-refractivity contribution in [3.63, 3.8) is 0 Å². The van der Waals surface area contributed by atoms with Crippen molar-refractivity contribution in [3.8, 4) is 0 Å². The lowest BCUT2D eigenvalue weighted by Crippen LogP contribution is -2.28. The van der Waals surface area contributed by atoms with E-state index in [1.165, 1.54) is 6.20 Å². The maximum absolute atomic E-state index is 11.9. The maximum Gasteiger partial charge on any atom is 0.339 e. The molecule has 0 aromatic carbocycles. The number of esters is 1. The van der Waals surface area contributed by atoms with Crippen molar-refractivity contribution in [1.82, 2.24) is 4.98 Å². The number of carbonyl (C=O) groups is 1. The van der Waals surface area contributed by atoms with Gasteiger partial charge in [0.2, 0.25) is 0 Å². The molecule has 18 heavy (non-hydrogen) atoms. The molecule has 1 aromatic rings. The number of aromatic nitrogens is 1. The fourth-order valence-corrected chi connectivity index (χ4v) is 2.35. The summed E-state index contributed by atoms with van der Waals surface area (Å²) in [4.78, 5) is 15.8. The highest BCUT2D eigenvalue weighted by atomic mass is 16.5. The van der Waals surface area contributed by atoms with Crippen molar-refractivity contribution in [3.05, 3.63) is 23.9 Å². The fraction of sp³-hybridized carbons (Fsp3) is 0.571. The molecule has 1 aliphatic rings. The third-order valence-corrected chi connectivity index (χ3v) is 3.85. The number of pyridine rings is 1. The Bertz CT molecular complexity index is 416. The lowest BCUT2D eigenvalue weighted by atomic mass is 9.80. The van der Waals surface area contributed by atoms with Crippen molar-refractivity contribution >= 4 is 11.8 Å². The van der Waals surface area contributed by atoms with E-state index in [0.29, 0.717) is 17.3 Å². The van der Waals surface area contributed by atoms with E-state index in [4.69, 9.17) is 10.5 Å². The van der Waals surface area contributed by atoms with E-state index < -0.39 is 0 Å². The Hall–Kier alpha value is -1.58. The van der Waals surface area contributed by atoms with Gasteiger partial charge < -0.3 is 10.5 Å². The first-order valence-corrected chi connectivity index (χ1v) is 6.48. The van der Waals surface area contributed by atoms with Crippen LogP contribution in [-0.4, -0.2) is 17.1 Å². The second-order valence-corrected chi connectivity index (χ2v) is 5.27. The normalized spacial score (nSPS) is 27.8. The molecule has 0 amide bonds. The molecule has 2 rings (SSSR count). The molecule has 4 heteroatoms. The molecule has 1 heterocycles. The smallest absolute Gasteiger partial charge is 0.339 e. The Kier molecular flexibility index (Phi) is 3.84. The summed E-state index contributed by atoms with van der Waals surface area (Å²) in [5, 5.41) is 0. The van der Waals surface area contributed by atoms with Crippen LogP contribution in [0.2, 0.25) is 0 Å². The number of hydrogen-bond donors (Lipinski definition) is 1. The molecule has 0 spiro atoms. The van der Waals surface area contributed by atoms with Gasteiger partial charge in [-0.2, -0.15) is 0 Å². The average Bonchev–Trinajstić information content (AvgIpc) is 2.34. The minimum Gasteiger partial charge on any atom is -0.459 e. The Morgan fingerprint density at radius 3 is 2.72 bits per heavy atom. The summed E-state index contributed by atoms with van der Waals surface area (Å²) in [6.07, 6.45) is 4.54. The first-order valence-electron chi connectivity index (χ1n) is 6.48. The molecule has 2 N–H and O–H groups in total. The molecule has 1 saturated carbocycles. The minimum absolute atomic E-state index is 0.0428. The molecule has 0 radical (unpaired) electrons. The second-order valence-electron chi connectivity index (χ2n) is 5.27. The van der Waals surface area contributed by atoms with E-state index in [-0.39, 0.29) is 12.1 Å². The summed E-state index contributed by atoms with van der Waals surface area (Å²) in [5.74, 6) is 1.44. The van der Waals surface area contributed by atoms with Gasteiger partial charge in [-0.1, -0.05) is 13.8 Å². The van der Waals surface area contributed by atoms with Crippen molar-refractivity contribution in [1.29, 1.82) is 0 Å². The number of anilines is 1. The number of nitrogens with zero attached hydrogens (tertiary/aromatic N) is 1. The molecule has 1 fully saturated rings. The van der Waals surface area contributed by atoms with Crippen LogP contribution in [0.5, 0.6) is 0 Å². The number of nitrogens with two attached hydrogens (primary N) is 1.